The van der Waals surface area contributed by atoms with Gasteiger partial charge < -0.3 is 14.8 Å². The first-order chi connectivity index (χ1) is 14.5. The minimum absolute atomic E-state index is 0.175. The van der Waals surface area contributed by atoms with Gasteiger partial charge in [0.25, 0.3) is 0 Å². The van der Waals surface area contributed by atoms with Gasteiger partial charge in [0.1, 0.15) is 5.82 Å². The molecular formula is C19H26N6O4S. The molecule has 1 aromatic carbocycles. The fourth-order valence-electron chi connectivity index (χ4n) is 2.79. The monoisotopic (exact) mass is 434 g/mol. The van der Waals surface area contributed by atoms with Gasteiger partial charge in [0, 0.05) is 26.2 Å². The third kappa shape index (κ3) is 5.72. The third-order valence-corrected chi connectivity index (χ3v) is 5.65. The molecule has 0 amide bonds. The first kappa shape index (κ1) is 22.1. The average Bonchev–Trinajstić information content (AvgIpc) is 3.15. The summed E-state index contributed by atoms with van der Waals surface area (Å²) in [6.45, 7) is 5.53. The molecule has 3 aromatic rings. The summed E-state index contributed by atoms with van der Waals surface area (Å²) in [7, 11) is -3.57. The number of anilines is 1. The van der Waals surface area contributed by atoms with Crippen LogP contribution in [-0.2, 0) is 25.9 Å². The second kappa shape index (κ2) is 10.4. The van der Waals surface area contributed by atoms with E-state index in [9.17, 15) is 8.42 Å². The molecule has 0 atom stereocenters. The van der Waals surface area contributed by atoms with E-state index in [-0.39, 0.29) is 17.7 Å². The Morgan fingerprint density at radius 3 is 2.47 bits per heavy atom. The highest BCUT2D eigenvalue weighted by molar-refractivity contribution is 7.89. The normalized spacial score (nSPS) is 12.0. The number of sulfonamides is 1. The molecule has 3 rings (SSSR count). The Bertz CT molecular complexity index is 1040. The molecule has 0 aliphatic carbocycles. The van der Waals surface area contributed by atoms with Crippen LogP contribution in [0.3, 0.4) is 0 Å². The predicted molar refractivity (Wildman–Crippen MR) is 112 cm³/mol. The Labute approximate surface area is 175 Å². The van der Waals surface area contributed by atoms with Crippen molar-refractivity contribution in [2.45, 2.75) is 31.5 Å². The zero-order chi connectivity index (χ0) is 21.4. The number of aromatic nitrogens is 4. The molecule has 0 saturated carbocycles. The molecule has 0 unspecified atom stereocenters. The maximum Gasteiger partial charge on any atom is 0.240 e. The maximum atomic E-state index is 12.3. The highest BCUT2D eigenvalue weighted by Crippen LogP contribution is 2.10. The molecule has 0 aliphatic rings. The van der Waals surface area contributed by atoms with Crippen molar-refractivity contribution in [3.05, 3.63) is 48.3 Å². The van der Waals surface area contributed by atoms with Crippen molar-refractivity contribution in [3.8, 4) is 0 Å². The molecule has 0 fully saturated rings. The van der Waals surface area contributed by atoms with Crippen LogP contribution in [0.4, 0.5) is 5.82 Å². The highest BCUT2D eigenvalue weighted by Gasteiger charge is 2.14. The highest BCUT2D eigenvalue weighted by atomic mass is 32.2. The fraction of sp³-hybridized carbons (Fsp3) is 0.421. The Kier molecular flexibility index (Phi) is 7.69. The number of benzene rings is 1. The molecule has 0 aliphatic heterocycles. The molecule has 0 saturated heterocycles. The van der Waals surface area contributed by atoms with E-state index in [0.29, 0.717) is 43.5 Å². The van der Waals surface area contributed by atoms with Gasteiger partial charge in [-0.3, -0.25) is 0 Å². The Morgan fingerprint density at radius 1 is 1.03 bits per heavy atom. The Balaban J connectivity index is 1.63. The van der Waals surface area contributed by atoms with Gasteiger partial charge in [0.05, 0.1) is 11.4 Å². The summed E-state index contributed by atoms with van der Waals surface area (Å²) in [5.41, 5.74) is 0.577. The van der Waals surface area contributed by atoms with E-state index < -0.39 is 10.0 Å². The van der Waals surface area contributed by atoms with E-state index in [2.05, 4.69) is 25.3 Å². The number of fused-ring (bicyclic) bond motifs is 1. The van der Waals surface area contributed by atoms with Crippen LogP contribution in [0.1, 0.15) is 19.7 Å². The zero-order valence-corrected chi connectivity index (χ0v) is 17.8. The SMILES string of the molecule is CCOC(CNc1ccc2nnc(CCNS(=O)(=O)c3ccccc3)n2n1)OCC. The van der Waals surface area contributed by atoms with Crippen molar-refractivity contribution in [2.24, 2.45) is 0 Å². The summed E-state index contributed by atoms with van der Waals surface area (Å²) in [4.78, 5) is 0.221. The molecule has 10 nitrogen and oxygen atoms in total. The lowest BCUT2D eigenvalue weighted by molar-refractivity contribution is -0.126. The van der Waals surface area contributed by atoms with Crippen molar-refractivity contribution in [1.29, 1.82) is 0 Å². The molecule has 162 valence electrons. The van der Waals surface area contributed by atoms with E-state index in [1.54, 1.807) is 47.0 Å². The Hall–Kier alpha value is -2.60. The molecule has 2 heterocycles. The van der Waals surface area contributed by atoms with Crippen LogP contribution in [0.25, 0.3) is 5.65 Å². The molecule has 0 spiro atoms. The lowest BCUT2D eigenvalue weighted by Crippen LogP contribution is -2.27. The molecule has 2 aromatic heterocycles. The van der Waals surface area contributed by atoms with Crippen LogP contribution < -0.4 is 10.0 Å². The van der Waals surface area contributed by atoms with Crippen molar-refractivity contribution in [3.63, 3.8) is 0 Å². The summed E-state index contributed by atoms with van der Waals surface area (Å²) in [6.07, 6.45) is -0.0326. The predicted octanol–water partition coefficient (Wildman–Crippen LogP) is 1.46. The van der Waals surface area contributed by atoms with E-state index in [1.807, 2.05) is 13.8 Å². The van der Waals surface area contributed by atoms with Crippen LogP contribution >= 0.6 is 0 Å². The first-order valence-corrected chi connectivity index (χ1v) is 11.2. The molecular weight excluding hydrogens is 408 g/mol. The molecule has 2 N–H and O–H groups in total. The third-order valence-electron chi connectivity index (χ3n) is 4.18. The average molecular weight is 435 g/mol. The van der Waals surface area contributed by atoms with Crippen molar-refractivity contribution in [1.82, 2.24) is 24.5 Å². The summed E-state index contributed by atoms with van der Waals surface area (Å²) in [5.74, 6) is 1.16. The summed E-state index contributed by atoms with van der Waals surface area (Å²) >= 11 is 0. The number of hydrogen-bond acceptors (Lipinski definition) is 8. The molecule has 11 heteroatoms. The summed E-state index contributed by atoms with van der Waals surface area (Å²) < 4.78 is 39.9. The minimum atomic E-state index is -3.57. The quantitative estimate of drug-likeness (QED) is 0.411. The molecule has 0 bridgehead atoms. The lowest BCUT2D eigenvalue weighted by atomic mass is 10.4. The van der Waals surface area contributed by atoms with Gasteiger partial charge in [-0.25, -0.2) is 13.1 Å². The Morgan fingerprint density at radius 2 is 1.77 bits per heavy atom. The number of rotatable bonds is 12. The second-order valence-electron chi connectivity index (χ2n) is 6.29. The zero-order valence-electron chi connectivity index (χ0n) is 17.0. The summed E-state index contributed by atoms with van der Waals surface area (Å²) in [5, 5.41) is 15.9. The lowest BCUT2D eigenvalue weighted by Gasteiger charge is -2.17. The van der Waals surface area contributed by atoms with Gasteiger partial charge in [-0.05, 0) is 38.1 Å². The van der Waals surface area contributed by atoms with Gasteiger partial charge in [-0.1, -0.05) is 18.2 Å². The second-order valence-corrected chi connectivity index (χ2v) is 8.05. The van der Waals surface area contributed by atoms with E-state index in [1.165, 1.54) is 0 Å². The van der Waals surface area contributed by atoms with E-state index in [4.69, 9.17) is 9.47 Å². The van der Waals surface area contributed by atoms with Crippen molar-refractivity contribution in [2.75, 3.05) is 31.6 Å². The number of ether oxygens (including phenoxy) is 2. The van der Waals surface area contributed by atoms with Gasteiger partial charge >= 0.3 is 0 Å². The number of hydrogen-bond donors (Lipinski definition) is 2. The van der Waals surface area contributed by atoms with E-state index >= 15 is 0 Å². The maximum absolute atomic E-state index is 12.3. The molecule has 0 radical (unpaired) electrons. The standard InChI is InChI=1S/C19H26N6O4S/c1-3-28-19(29-4-2)14-20-16-10-11-17-22-23-18(25(17)24-16)12-13-21-30(26,27)15-8-6-5-7-9-15/h5-11,19,21H,3-4,12-14H2,1-2H3,(H,20,24). The summed E-state index contributed by atoms with van der Waals surface area (Å²) in [6, 6.07) is 11.8. The first-order valence-electron chi connectivity index (χ1n) is 9.76. The van der Waals surface area contributed by atoms with Gasteiger partial charge in [-0.2, -0.15) is 4.52 Å². The minimum Gasteiger partial charge on any atom is -0.364 e. The van der Waals surface area contributed by atoms with Crippen LogP contribution in [0, 0.1) is 0 Å². The van der Waals surface area contributed by atoms with Crippen LogP contribution in [0.15, 0.2) is 47.4 Å². The van der Waals surface area contributed by atoms with Crippen LogP contribution in [0.2, 0.25) is 0 Å². The van der Waals surface area contributed by atoms with Crippen molar-refractivity contribution < 1.29 is 17.9 Å². The van der Waals surface area contributed by atoms with Gasteiger partial charge in [0.2, 0.25) is 10.0 Å². The van der Waals surface area contributed by atoms with Crippen molar-refractivity contribution >= 4 is 21.5 Å². The van der Waals surface area contributed by atoms with Gasteiger partial charge in [0.15, 0.2) is 17.8 Å². The van der Waals surface area contributed by atoms with Crippen LogP contribution in [-0.4, -0.2) is 60.8 Å². The topological polar surface area (TPSA) is 120 Å². The van der Waals surface area contributed by atoms with Gasteiger partial charge in [-0.15, -0.1) is 15.3 Å². The fourth-order valence-corrected chi connectivity index (χ4v) is 3.84. The van der Waals surface area contributed by atoms with E-state index in [0.717, 1.165) is 0 Å². The smallest absolute Gasteiger partial charge is 0.240 e. The molecule has 30 heavy (non-hydrogen) atoms. The number of nitrogens with zero attached hydrogens (tertiary/aromatic N) is 4. The largest absolute Gasteiger partial charge is 0.364 e. The number of nitrogens with one attached hydrogen (secondary N) is 2. The van der Waals surface area contributed by atoms with Crippen LogP contribution in [0.5, 0.6) is 0 Å².